The third-order valence-electron chi connectivity index (χ3n) is 4.99. The molecule has 0 bridgehead atoms. The fraction of sp³-hybridized carbons (Fsp3) is 1.00. The van der Waals surface area contributed by atoms with Crippen LogP contribution in [0.2, 0.25) is 0 Å². The molecule has 2 rings (SSSR count). The van der Waals surface area contributed by atoms with Crippen molar-refractivity contribution in [3.63, 3.8) is 0 Å². The number of likely N-dealkylation sites (tertiary alicyclic amines) is 1. The van der Waals surface area contributed by atoms with Crippen molar-refractivity contribution in [3.8, 4) is 0 Å². The second-order valence-electron chi connectivity index (χ2n) is 6.29. The molecular formula is C14H29N3. The summed E-state index contributed by atoms with van der Waals surface area (Å²) < 4.78 is 0. The largest absolute Gasteiger partial charge is 0.329 e. The van der Waals surface area contributed by atoms with Crippen LogP contribution in [0.3, 0.4) is 0 Å². The molecule has 0 radical (unpaired) electrons. The zero-order valence-electron chi connectivity index (χ0n) is 11.6. The van der Waals surface area contributed by atoms with Crippen LogP contribution in [-0.2, 0) is 0 Å². The van der Waals surface area contributed by atoms with Crippen LogP contribution in [0.15, 0.2) is 0 Å². The quantitative estimate of drug-likeness (QED) is 0.807. The van der Waals surface area contributed by atoms with Gasteiger partial charge in [-0.1, -0.05) is 19.3 Å². The highest BCUT2D eigenvalue weighted by Gasteiger charge is 2.36. The fourth-order valence-electron chi connectivity index (χ4n) is 3.71. The minimum absolute atomic E-state index is 0.319. The van der Waals surface area contributed by atoms with Gasteiger partial charge in [0, 0.05) is 25.2 Å². The molecule has 1 aliphatic carbocycles. The minimum Gasteiger partial charge on any atom is -0.329 e. The Hall–Kier alpha value is -0.120. The van der Waals surface area contributed by atoms with E-state index in [9.17, 15) is 0 Å². The van der Waals surface area contributed by atoms with Crippen LogP contribution in [0.1, 0.15) is 38.5 Å². The van der Waals surface area contributed by atoms with Gasteiger partial charge < -0.3 is 10.6 Å². The smallest absolute Gasteiger partial charge is 0.0328 e. The molecule has 0 amide bonds. The molecule has 0 aromatic rings. The lowest BCUT2D eigenvalue weighted by Crippen LogP contribution is -2.54. The number of hydrogen-bond donors (Lipinski definition) is 1. The Balaban J connectivity index is 1.90. The van der Waals surface area contributed by atoms with Gasteiger partial charge in [0.2, 0.25) is 0 Å². The molecule has 1 atom stereocenters. The summed E-state index contributed by atoms with van der Waals surface area (Å²) in [5.74, 6) is 0.857. The van der Waals surface area contributed by atoms with E-state index >= 15 is 0 Å². The third-order valence-corrected chi connectivity index (χ3v) is 4.99. The average molecular weight is 239 g/mol. The number of nitrogens with zero attached hydrogens (tertiary/aromatic N) is 2. The van der Waals surface area contributed by atoms with Gasteiger partial charge in [-0.2, -0.15) is 0 Å². The van der Waals surface area contributed by atoms with Gasteiger partial charge in [0.15, 0.2) is 0 Å². The van der Waals surface area contributed by atoms with E-state index in [4.69, 9.17) is 5.73 Å². The summed E-state index contributed by atoms with van der Waals surface area (Å²) in [7, 11) is 4.54. The zero-order chi connectivity index (χ0) is 12.3. The van der Waals surface area contributed by atoms with Gasteiger partial charge in [0.1, 0.15) is 0 Å². The number of hydrogen-bond acceptors (Lipinski definition) is 3. The van der Waals surface area contributed by atoms with Crippen molar-refractivity contribution < 1.29 is 0 Å². The summed E-state index contributed by atoms with van der Waals surface area (Å²) in [6.45, 7) is 4.62. The molecule has 0 aromatic heterocycles. The standard InChI is InChI=1S/C14H29N3/c1-16-9-6-13(10-16)11-17(2)14(12-15)7-4-3-5-8-14/h13H,3-12,15H2,1-2H3. The Morgan fingerprint density at radius 3 is 2.53 bits per heavy atom. The summed E-state index contributed by atoms with van der Waals surface area (Å²) in [5, 5.41) is 0. The maximum Gasteiger partial charge on any atom is 0.0328 e. The van der Waals surface area contributed by atoms with Gasteiger partial charge >= 0.3 is 0 Å². The summed E-state index contributed by atoms with van der Waals surface area (Å²) in [5.41, 5.74) is 6.41. The van der Waals surface area contributed by atoms with Crippen molar-refractivity contribution >= 4 is 0 Å². The normalized spacial score (nSPS) is 30.0. The summed E-state index contributed by atoms with van der Waals surface area (Å²) in [6.07, 6.45) is 8.12. The molecule has 1 heterocycles. The van der Waals surface area contributed by atoms with Gasteiger partial charge in [-0.05, 0) is 45.8 Å². The predicted octanol–water partition coefficient (Wildman–Crippen LogP) is 1.53. The van der Waals surface area contributed by atoms with Crippen molar-refractivity contribution in [1.82, 2.24) is 9.80 Å². The summed E-state index contributed by atoms with van der Waals surface area (Å²) in [6, 6.07) is 0. The van der Waals surface area contributed by atoms with E-state index in [1.54, 1.807) is 0 Å². The lowest BCUT2D eigenvalue weighted by molar-refractivity contribution is 0.0687. The van der Waals surface area contributed by atoms with E-state index in [2.05, 4.69) is 23.9 Å². The highest BCUT2D eigenvalue weighted by Crippen LogP contribution is 2.33. The van der Waals surface area contributed by atoms with Crippen LogP contribution in [0, 0.1) is 5.92 Å². The second-order valence-corrected chi connectivity index (χ2v) is 6.29. The molecule has 2 N–H and O–H groups in total. The average Bonchev–Trinajstić information content (AvgIpc) is 2.75. The maximum atomic E-state index is 6.09. The van der Waals surface area contributed by atoms with Crippen LogP contribution in [-0.4, -0.2) is 55.6 Å². The molecule has 1 aliphatic heterocycles. The number of nitrogens with two attached hydrogens (primary N) is 1. The first-order valence-electron chi connectivity index (χ1n) is 7.26. The van der Waals surface area contributed by atoms with E-state index in [1.165, 1.54) is 58.2 Å². The van der Waals surface area contributed by atoms with Crippen molar-refractivity contribution in [3.05, 3.63) is 0 Å². The van der Waals surface area contributed by atoms with Gasteiger partial charge in [-0.3, -0.25) is 4.90 Å². The second kappa shape index (κ2) is 5.68. The summed E-state index contributed by atoms with van der Waals surface area (Å²) >= 11 is 0. The lowest BCUT2D eigenvalue weighted by atomic mass is 9.80. The van der Waals surface area contributed by atoms with Crippen LogP contribution >= 0.6 is 0 Å². The van der Waals surface area contributed by atoms with E-state index in [0.717, 1.165) is 12.5 Å². The first-order valence-corrected chi connectivity index (χ1v) is 7.26. The van der Waals surface area contributed by atoms with E-state index in [1.807, 2.05) is 0 Å². The first kappa shape index (κ1) is 13.3. The molecule has 100 valence electrons. The van der Waals surface area contributed by atoms with Crippen molar-refractivity contribution in [2.24, 2.45) is 11.7 Å². The van der Waals surface area contributed by atoms with Crippen molar-refractivity contribution in [2.75, 3.05) is 40.3 Å². The van der Waals surface area contributed by atoms with Gasteiger partial charge in [0.25, 0.3) is 0 Å². The SMILES string of the molecule is CN1CCC(CN(C)C2(CN)CCCCC2)C1. The third kappa shape index (κ3) is 3.01. The monoisotopic (exact) mass is 239 g/mol. The Morgan fingerprint density at radius 1 is 1.29 bits per heavy atom. The van der Waals surface area contributed by atoms with Crippen molar-refractivity contribution in [1.29, 1.82) is 0 Å². The molecule has 1 saturated heterocycles. The van der Waals surface area contributed by atoms with Crippen LogP contribution < -0.4 is 5.73 Å². The molecule has 2 aliphatic rings. The Kier molecular flexibility index (Phi) is 4.45. The zero-order valence-corrected chi connectivity index (χ0v) is 11.6. The topological polar surface area (TPSA) is 32.5 Å². The van der Waals surface area contributed by atoms with E-state index in [0.29, 0.717) is 5.54 Å². The minimum atomic E-state index is 0.319. The van der Waals surface area contributed by atoms with E-state index in [-0.39, 0.29) is 0 Å². The molecular weight excluding hydrogens is 210 g/mol. The Labute approximate surface area is 106 Å². The molecule has 2 fully saturated rings. The fourth-order valence-corrected chi connectivity index (χ4v) is 3.71. The van der Waals surface area contributed by atoms with Gasteiger partial charge in [-0.25, -0.2) is 0 Å². The Morgan fingerprint density at radius 2 is 2.00 bits per heavy atom. The Bertz CT molecular complexity index is 236. The lowest BCUT2D eigenvalue weighted by Gasteiger charge is -2.45. The maximum absolute atomic E-state index is 6.09. The summed E-state index contributed by atoms with van der Waals surface area (Å²) in [4.78, 5) is 5.05. The highest BCUT2D eigenvalue weighted by molar-refractivity contribution is 4.94. The molecule has 3 heteroatoms. The van der Waals surface area contributed by atoms with Gasteiger partial charge in [0.05, 0.1) is 0 Å². The molecule has 3 nitrogen and oxygen atoms in total. The van der Waals surface area contributed by atoms with Crippen LogP contribution in [0.5, 0.6) is 0 Å². The number of rotatable bonds is 4. The van der Waals surface area contributed by atoms with Gasteiger partial charge in [-0.15, -0.1) is 0 Å². The first-order chi connectivity index (χ1) is 8.16. The predicted molar refractivity (Wildman–Crippen MR) is 73.1 cm³/mol. The molecule has 1 saturated carbocycles. The van der Waals surface area contributed by atoms with E-state index < -0.39 is 0 Å². The molecule has 1 unspecified atom stereocenters. The molecule has 0 spiro atoms. The highest BCUT2D eigenvalue weighted by atomic mass is 15.2. The molecule has 17 heavy (non-hydrogen) atoms. The van der Waals surface area contributed by atoms with Crippen molar-refractivity contribution in [2.45, 2.75) is 44.1 Å². The van der Waals surface area contributed by atoms with Crippen LogP contribution in [0.4, 0.5) is 0 Å². The van der Waals surface area contributed by atoms with Crippen LogP contribution in [0.25, 0.3) is 0 Å². The number of likely N-dealkylation sites (N-methyl/N-ethyl adjacent to an activating group) is 1. The molecule has 0 aromatic carbocycles.